The van der Waals surface area contributed by atoms with Crippen LogP contribution in [0.25, 0.3) is 5.57 Å². The molecule has 1 nitrogen and oxygen atoms in total. The number of benzene rings is 1. The first-order valence-electron chi connectivity index (χ1n) is 6.79. The Kier molecular flexibility index (Phi) is 2.79. The van der Waals surface area contributed by atoms with Crippen molar-refractivity contribution in [1.29, 1.82) is 0 Å². The topological polar surface area (TPSA) is 12.0 Å². The molecule has 1 unspecified atom stereocenters. The standard InChI is InChI=1S/C16H21N/c1-11(2)9-16-15-10-12-5-3-4-6-13(12)14(15)7-8-17-16/h3-6,11,16-17H,7-10H2,1-2H3. The summed E-state index contributed by atoms with van der Waals surface area (Å²) in [4.78, 5) is 0. The van der Waals surface area contributed by atoms with E-state index in [2.05, 4.69) is 43.4 Å². The third-order valence-electron chi connectivity index (χ3n) is 4.00. The van der Waals surface area contributed by atoms with Crippen molar-refractivity contribution < 1.29 is 0 Å². The smallest absolute Gasteiger partial charge is 0.0291 e. The van der Waals surface area contributed by atoms with Crippen molar-refractivity contribution in [2.45, 2.75) is 39.2 Å². The van der Waals surface area contributed by atoms with Gasteiger partial charge in [0.15, 0.2) is 0 Å². The third-order valence-corrected chi connectivity index (χ3v) is 4.00. The Balaban J connectivity index is 1.94. The van der Waals surface area contributed by atoms with Gasteiger partial charge in [-0.15, -0.1) is 0 Å². The molecule has 0 spiro atoms. The number of hydrogen-bond donors (Lipinski definition) is 1. The van der Waals surface area contributed by atoms with Crippen molar-refractivity contribution in [3.8, 4) is 0 Å². The Bertz CT molecular complexity index is 456. The monoisotopic (exact) mass is 227 g/mol. The minimum absolute atomic E-state index is 0.617. The van der Waals surface area contributed by atoms with Crippen molar-refractivity contribution in [3.05, 3.63) is 41.0 Å². The molecular formula is C16H21N. The lowest BCUT2D eigenvalue weighted by molar-refractivity contribution is 0.449. The van der Waals surface area contributed by atoms with Crippen LogP contribution >= 0.6 is 0 Å². The van der Waals surface area contributed by atoms with Gasteiger partial charge < -0.3 is 5.32 Å². The van der Waals surface area contributed by atoms with Crippen molar-refractivity contribution in [2.75, 3.05) is 6.54 Å². The molecule has 1 heteroatoms. The maximum atomic E-state index is 3.70. The average molecular weight is 227 g/mol. The molecule has 90 valence electrons. The van der Waals surface area contributed by atoms with E-state index in [-0.39, 0.29) is 0 Å². The van der Waals surface area contributed by atoms with E-state index in [0.717, 1.165) is 12.5 Å². The molecule has 0 aromatic heterocycles. The van der Waals surface area contributed by atoms with Crippen molar-refractivity contribution >= 4 is 5.57 Å². The zero-order valence-electron chi connectivity index (χ0n) is 10.8. The predicted octanol–water partition coefficient (Wildman–Crippen LogP) is 3.40. The van der Waals surface area contributed by atoms with Gasteiger partial charge in [0, 0.05) is 6.04 Å². The third kappa shape index (κ3) is 1.93. The summed E-state index contributed by atoms with van der Waals surface area (Å²) in [6.07, 6.45) is 3.66. The summed E-state index contributed by atoms with van der Waals surface area (Å²) in [5.41, 5.74) is 6.38. The second kappa shape index (κ2) is 4.30. The summed E-state index contributed by atoms with van der Waals surface area (Å²) in [6, 6.07) is 9.55. The summed E-state index contributed by atoms with van der Waals surface area (Å²) < 4.78 is 0. The van der Waals surface area contributed by atoms with Gasteiger partial charge in [-0.25, -0.2) is 0 Å². The Hall–Kier alpha value is -1.08. The highest BCUT2D eigenvalue weighted by molar-refractivity contribution is 5.78. The number of fused-ring (bicyclic) bond motifs is 2. The van der Waals surface area contributed by atoms with E-state index in [9.17, 15) is 0 Å². The molecule has 0 saturated carbocycles. The van der Waals surface area contributed by atoms with Gasteiger partial charge in [0.2, 0.25) is 0 Å². The fourth-order valence-electron chi connectivity index (χ4n) is 3.27. The minimum atomic E-state index is 0.617. The van der Waals surface area contributed by atoms with Crippen LogP contribution in [0.4, 0.5) is 0 Å². The predicted molar refractivity (Wildman–Crippen MR) is 72.9 cm³/mol. The van der Waals surface area contributed by atoms with Gasteiger partial charge in [-0.2, -0.15) is 0 Å². The molecule has 0 fully saturated rings. The molecule has 3 rings (SSSR count). The van der Waals surface area contributed by atoms with Crippen molar-refractivity contribution in [1.82, 2.24) is 5.32 Å². The maximum absolute atomic E-state index is 3.70. The minimum Gasteiger partial charge on any atom is -0.310 e. The summed E-state index contributed by atoms with van der Waals surface area (Å²) in [5, 5.41) is 3.70. The Morgan fingerprint density at radius 2 is 2.12 bits per heavy atom. The lowest BCUT2D eigenvalue weighted by Crippen LogP contribution is -2.36. The molecule has 1 heterocycles. The van der Waals surface area contributed by atoms with Crippen LogP contribution in [0, 0.1) is 5.92 Å². The van der Waals surface area contributed by atoms with E-state index >= 15 is 0 Å². The molecule has 1 atom stereocenters. The molecule has 2 aliphatic rings. The van der Waals surface area contributed by atoms with Gasteiger partial charge in [-0.3, -0.25) is 0 Å². The van der Waals surface area contributed by atoms with E-state index in [0.29, 0.717) is 6.04 Å². The van der Waals surface area contributed by atoms with E-state index in [1.54, 1.807) is 11.1 Å². The van der Waals surface area contributed by atoms with E-state index in [1.807, 2.05) is 0 Å². The first-order chi connectivity index (χ1) is 8.25. The van der Waals surface area contributed by atoms with E-state index in [1.165, 1.54) is 30.4 Å². The van der Waals surface area contributed by atoms with E-state index in [4.69, 9.17) is 0 Å². The van der Waals surface area contributed by atoms with Gasteiger partial charge in [-0.1, -0.05) is 38.1 Å². The van der Waals surface area contributed by atoms with Crippen LogP contribution in [0.3, 0.4) is 0 Å². The largest absolute Gasteiger partial charge is 0.310 e. The zero-order chi connectivity index (χ0) is 11.8. The maximum Gasteiger partial charge on any atom is 0.0291 e. The van der Waals surface area contributed by atoms with Crippen molar-refractivity contribution in [2.24, 2.45) is 5.92 Å². The number of nitrogens with one attached hydrogen (secondary N) is 1. The lowest BCUT2D eigenvalue weighted by atomic mass is 9.89. The molecule has 0 saturated heterocycles. The second-order valence-corrected chi connectivity index (χ2v) is 5.72. The summed E-state index contributed by atoms with van der Waals surface area (Å²) >= 11 is 0. The molecule has 0 amide bonds. The van der Waals surface area contributed by atoms with Gasteiger partial charge in [-0.05, 0) is 54.0 Å². The van der Waals surface area contributed by atoms with Gasteiger partial charge in [0.05, 0.1) is 0 Å². The first-order valence-corrected chi connectivity index (χ1v) is 6.79. The molecule has 0 radical (unpaired) electrons. The normalized spacial score (nSPS) is 22.9. The fraction of sp³-hybridized carbons (Fsp3) is 0.500. The average Bonchev–Trinajstić information content (AvgIpc) is 2.68. The first kappa shape index (κ1) is 11.0. The highest BCUT2D eigenvalue weighted by Crippen LogP contribution is 2.39. The molecule has 17 heavy (non-hydrogen) atoms. The van der Waals surface area contributed by atoms with Crippen LogP contribution in [0.15, 0.2) is 29.8 Å². The highest BCUT2D eigenvalue weighted by Gasteiger charge is 2.29. The number of rotatable bonds is 2. The fourth-order valence-corrected chi connectivity index (χ4v) is 3.27. The summed E-state index contributed by atoms with van der Waals surface area (Å²) in [6.45, 7) is 5.78. The lowest BCUT2D eigenvalue weighted by Gasteiger charge is -2.28. The van der Waals surface area contributed by atoms with Gasteiger partial charge in [0.1, 0.15) is 0 Å². The zero-order valence-corrected chi connectivity index (χ0v) is 10.8. The summed E-state index contributed by atoms with van der Waals surface area (Å²) in [7, 11) is 0. The molecule has 0 bridgehead atoms. The van der Waals surface area contributed by atoms with Crippen LogP contribution in [0.2, 0.25) is 0 Å². The van der Waals surface area contributed by atoms with Gasteiger partial charge >= 0.3 is 0 Å². The van der Waals surface area contributed by atoms with Gasteiger partial charge in [0.25, 0.3) is 0 Å². The van der Waals surface area contributed by atoms with Crippen LogP contribution in [-0.4, -0.2) is 12.6 Å². The van der Waals surface area contributed by atoms with Crippen molar-refractivity contribution in [3.63, 3.8) is 0 Å². The molecule has 1 aromatic carbocycles. The van der Waals surface area contributed by atoms with Crippen LogP contribution in [-0.2, 0) is 6.42 Å². The van der Waals surface area contributed by atoms with E-state index < -0.39 is 0 Å². The molecule has 1 aliphatic heterocycles. The molecule has 1 aromatic rings. The van der Waals surface area contributed by atoms with Crippen LogP contribution in [0.1, 0.15) is 37.8 Å². The Labute approximate surface area is 104 Å². The second-order valence-electron chi connectivity index (χ2n) is 5.72. The molecular weight excluding hydrogens is 206 g/mol. The summed E-state index contributed by atoms with van der Waals surface area (Å²) in [5.74, 6) is 0.767. The highest BCUT2D eigenvalue weighted by atomic mass is 14.9. The Morgan fingerprint density at radius 1 is 1.29 bits per heavy atom. The van der Waals surface area contributed by atoms with Crippen LogP contribution < -0.4 is 5.32 Å². The molecule has 1 aliphatic carbocycles. The quantitative estimate of drug-likeness (QED) is 0.816. The number of hydrogen-bond acceptors (Lipinski definition) is 1. The SMILES string of the molecule is CC(C)CC1NCCC2=C1Cc1ccccc12. The van der Waals surface area contributed by atoms with Crippen LogP contribution in [0.5, 0.6) is 0 Å². The molecule has 1 N–H and O–H groups in total. The Morgan fingerprint density at radius 3 is 2.94 bits per heavy atom.